The number of halogens is 4. The Bertz CT molecular complexity index is 591. The molecule has 0 aliphatic heterocycles. The molecule has 0 saturated heterocycles. The first-order valence-electron chi connectivity index (χ1n) is 5.47. The van der Waals surface area contributed by atoms with Crippen LogP contribution < -0.4 is 0 Å². The second-order valence-electron chi connectivity index (χ2n) is 4.39. The summed E-state index contributed by atoms with van der Waals surface area (Å²) >= 11 is 5.90. The van der Waals surface area contributed by atoms with E-state index in [1.807, 2.05) is 13.8 Å². The number of nitrogens with zero attached hydrogens (tertiary/aromatic N) is 1. The van der Waals surface area contributed by atoms with E-state index < -0.39 is 11.9 Å². The van der Waals surface area contributed by atoms with Gasteiger partial charge in [-0.3, -0.25) is 0 Å². The van der Waals surface area contributed by atoms with Gasteiger partial charge in [-0.25, -0.2) is 4.98 Å². The summed E-state index contributed by atoms with van der Waals surface area (Å²) in [6.07, 6.45) is -4.48. The summed E-state index contributed by atoms with van der Waals surface area (Å²) in [4.78, 5) is 3.72. The Morgan fingerprint density at radius 2 is 1.89 bits per heavy atom. The Morgan fingerprint density at radius 3 is 2.44 bits per heavy atom. The summed E-state index contributed by atoms with van der Waals surface area (Å²) in [5.74, 6) is 0.0840. The zero-order valence-electron chi connectivity index (χ0n) is 9.85. The Labute approximate surface area is 108 Å². The van der Waals surface area contributed by atoms with E-state index in [2.05, 4.69) is 4.98 Å². The minimum atomic E-state index is -4.48. The van der Waals surface area contributed by atoms with Crippen LogP contribution in [0.5, 0.6) is 0 Å². The summed E-state index contributed by atoms with van der Waals surface area (Å²) < 4.78 is 38.1. The van der Waals surface area contributed by atoms with Crippen LogP contribution in [-0.2, 0) is 6.18 Å². The molecular weight excluding hydrogens is 263 g/mol. The average Bonchev–Trinajstić information content (AvgIpc) is 2.26. The van der Waals surface area contributed by atoms with Crippen LogP contribution >= 0.6 is 11.6 Å². The molecule has 0 fully saturated rings. The van der Waals surface area contributed by atoms with Gasteiger partial charge in [0.15, 0.2) is 0 Å². The summed E-state index contributed by atoms with van der Waals surface area (Å²) in [6.45, 7) is 3.81. The maximum absolute atomic E-state index is 12.7. The van der Waals surface area contributed by atoms with Crippen molar-refractivity contribution in [3.05, 3.63) is 40.5 Å². The number of pyridine rings is 1. The molecule has 0 saturated carbocycles. The molecule has 0 radical (unpaired) electrons. The van der Waals surface area contributed by atoms with Crippen LogP contribution in [0.2, 0.25) is 5.02 Å². The first kappa shape index (κ1) is 13.1. The van der Waals surface area contributed by atoms with E-state index >= 15 is 0 Å². The third kappa shape index (κ3) is 2.29. The second kappa shape index (κ2) is 4.43. The van der Waals surface area contributed by atoms with Gasteiger partial charge in [0.1, 0.15) is 5.69 Å². The fraction of sp³-hybridized carbons (Fsp3) is 0.308. The Hall–Kier alpha value is -1.29. The van der Waals surface area contributed by atoms with Crippen LogP contribution in [0.4, 0.5) is 13.2 Å². The van der Waals surface area contributed by atoms with Gasteiger partial charge < -0.3 is 0 Å². The molecule has 0 amide bonds. The SMILES string of the molecule is CC(C)c1cccc2c(Cl)cc(C(F)(F)F)nc12. The van der Waals surface area contributed by atoms with Crippen molar-refractivity contribution in [1.82, 2.24) is 4.98 Å². The molecule has 0 bridgehead atoms. The van der Waals surface area contributed by atoms with E-state index in [0.717, 1.165) is 11.6 Å². The number of para-hydroxylation sites is 1. The number of hydrogen-bond acceptors (Lipinski definition) is 1. The Kier molecular flexibility index (Phi) is 3.23. The fourth-order valence-corrected chi connectivity index (χ4v) is 2.10. The van der Waals surface area contributed by atoms with Crippen molar-refractivity contribution in [3.63, 3.8) is 0 Å². The standard InChI is InChI=1S/C13H11ClF3N/c1-7(2)8-4-3-5-9-10(14)6-11(13(15,16)17)18-12(8)9/h3-7H,1-2H3. The van der Waals surface area contributed by atoms with Crippen molar-refractivity contribution < 1.29 is 13.2 Å². The third-order valence-electron chi connectivity index (χ3n) is 2.73. The minimum Gasteiger partial charge on any atom is -0.243 e. The van der Waals surface area contributed by atoms with Crippen molar-refractivity contribution in [3.8, 4) is 0 Å². The quantitative estimate of drug-likeness (QED) is 0.710. The molecule has 1 nitrogen and oxygen atoms in total. The number of hydrogen-bond donors (Lipinski definition) is 0. The van der Waals surface area contributed by atoms with Crippen LogP contribution in [0.3, 0.4) is 0 Å². The Balaban J connectivity index is 2.81. The highest BCUT2D eigenvalue weighted by atomic mass is 35.5. The monoisotopic (exact) mass is 273 g/mol. The molecule has 2 rings (SSSR count). The molecule has 0 unspecified atom stereocenters. The highest BCUT2D eigenvalue weighted by molar-refractivity contribution is 6.35. The van der Waals surface area contributed by atoms with Gasteiger partial charge in [0.2, 0.25) is 0 Å². The lowest BCUT2D eigenvalue weighted by Crippen LogP contribution is -2.08. The molecule has 96 valence electrons. The lowest BCUT2D eigenvalue weighted by molar-refractivity contribution is -0.140. The van der Waals surface area contributed by atoms with Crippen molar-refractivity contribution >= 4 is 22.5 Å². The molecule has 18 heavy (non-hydrogen) atoms. The zero-order chi connectivity index (χ0) is 13.5. The summed E-state index contributed by atoms with van der Waals surface area (Å²) in [6, 6.07) is 6.10. The summed E-state index contributed by atoms with van der Waals surface area (Å²) in [5.41, 5.74) is 0.140. The van der Waals surface area contributed by atoms with Gasteiger partial charge >= 0.3 is 6.18 Å². The Morgan fingerprint density at radius 1 is 1.22 bits per heavy atom. The van der Waals surface area contributed by atoms with Crippen LogP contribution in [0.25, 0.3) is 10.9 Å². The predicted octanol–water partition coefficient (Wildman–Crippen LogP) is 5.03. The second-order valence-corrected chi connectivity index (χ2v) is 4.79. The van der Waals surface area contributed by atoms with Gasteiger partial charge in [0.25, 0.3) is 0 Å². The molecule has 2 aromatic rings. The van der Waals surface area contributed by atoms with Gasteiger partial charge in [-0.15, -0.1) is 0 Å². The van der Waals surface area contributed by atoms with E-state index in [0.29, 0.717) is 10.9 Å². The highest BCUT2D eigenvalue weighted by Crippen LogP contribution is 2.35. The fourth-order valence-electron chi connectivity index (χ4n) is 1.84. The van der Waals surface area contributed by atoms with Gasteiger partial charge in [-0.05, 0) is 17.5 Å². The summed E-state index contributed by atoms with van der Waals surface area (Å²) in [7, 11) is 0. The van der Waals surface area contributed by atoms with E-state index in [4.69, 9.17) is 11.6 Å². The zero-order valence-corrected chi connectivity index (χ0v) is 10.6. The number of rotatable bonds is 1. The predicted molar refractivity (Wildman–Crippen MR) is 65.8 cm³/mol. The molecule has 0 spiro atoms. The van der Waals surface area contributed by atoms with Crippen molar-refractivity contribution in [2.75, 3.05) is 0 Å². The number of aromatic nitrogens is 1. The average molecular weight is 274 g/mol. The largest absolute Gasteiger partial charge is 0.433 e. The third-order valence-corrected chi connectivity index (χ3v) is 3.05. The van der Waals surface area contributed by atoms with E-state index in [1.54, 1.807) is 18.2 Å². The molecule has 0 N–H and O–H groups in total. The molecular formula is C13H11ClF3N. The molecule has 0 aliphatic carbocycles. The maximum Gasteiger partial charge on any atom is 0.433 e. The van der Waals surface area contributed by atoms with Gasteiger partial charge in [-0.1, -0.05) is 43.6 Å². The molecule has 1 aromatic heterocycles. The normalized spacial score (nSPS) is 12.4. The summed E-state index contributed by atoms with van der Waals surface area (Å²) in [5, 5.41) is 0.630. The van der Waals surface area contributed by atoms with Crippen LogP contribution in [-0.4, -0.2) is 4.98 Å². The molecule has 1 heterocycles. The number of alkyl halides is 3. The molecule has 0 atom stereocenters. The number of benzene rings is 1. The lowest BCUT2D eigenvalue weighted by Gasteiger charge is -2.13. The van der Waals surface area contributed by atoms with Crippen molar-refractivity contribution in [2.45, 2.75) is 25.9 Å². The first-order chi connectivity index (χ1) is 8.30. The van der Waals surface area contributed by atoms with Crippen LogP contribution in [0.1, 0.15) is 31.0 Å². The topological polar surface area (TPSA) is 12.9 Å². The number of fused-ring (bicyclic) bond motifs is 1. The maximum atomic E-state index is 12.7. The smallest absolute Gasteiger partial charge is 0.243 e. The van der Waals surface area contributed by atoms with E-state index in [-0.39, 0.29) is 10.9 Å². The van der Waals surface area contributed by atoms with Crippen molar-refractivity contribution in [1.29, 1.82) is 0 Å². The highest BCUT2D eigenvalue weighted by Gasteiger charge is 2.33. The van der Waals surface area contributed by atoms with Gasteiger partial charge in [-0.2, -0.15) is 13.2 Å². The molecule has 5 heteroatoms. The minimum absolute atomic E-state index is 0.0785. The van der Waals surface area contributed by atoms with Crippen LogP contribution in [0.15, 0.2) is 24.3 Å². The molecule has 0 aliphatic rings. The van der Waals surface area contributed by atoms with Gasteiger partial charge in [0.05, 0.1) is 10.5 Å². The van der Waals surface area contributed by atoms with Gasteiger partial charge in [0, 0.05) is 5.39 Å². The van der Waals surface area contributed by atoms with Crippen LogP contribution in [0, 0.1) is 0 Å². The first-order valence-corrected chi connectivity index (χ1v) is 5.85. The lowest BCUT2D eigenvalue weighted by atomic mass is 9.99. The van der Waals surface area contributed by atoms with E-state index in [9.17, 15) is 13.2 Å². The van der Waals surface area contributed by atoms with E-state index in [1.165, 1.54) is 0 Å². The van der Waals surface area contributed by atoms with Crippen molar-refractivity contribution in [2.24, 2.45) is 0 Å². The molecule has 1 aromatic carbocycles.